The highest BCUT2D eigenvalue weighted by molar-refractivity contribution is 7.92. The first-order chi connectivity index (χ1) is 17.8. The van der Waals surface area contributed by atoms with Crippen molar-refractivity contribution in [3.05, 3.63) is 83.9 Å². The number of hydrogen-bond donors (Lipinski definition) is 2. The maximum atomic E-state index is 13.1. The molecule has 2 amide bonds. The SMILES string of the molecule is CCOc1ccc(N([C@H](C)C(=O)Nc2cccc(NC(=O)c3ccc(C(C)(C)C)cc3)c2)S(C)(=O)=O)cc1. The molecule has 202 valence electrons. The van der Waals surface area contributed by atoms with Gasteiger partial charge in [-0.3, -0.25) is 13.9 Å². The molecule has 0 fully saturated rings. The number of anilines is 3. The van der Waals surface area contributed by atoms with Crippen LogP contribution in [0.4, 0.5) is 17.1 Å². The van der Waals surface area contributed by atoms with Crippen molar-refractivity contribution in [2.45, 2.75) is 46.1 Å². The maximum absolute atomic E-state index is 13.1. The van der Waals surface area contributed by atoms with E-state index in [4.69, 9.17) is 4.74 Å². The van der Waals surface area contributed by atoms with Crippen LogP contribution in [-0.4, -0.2) is 39.1 Å². The Labute approximate surface area is 225 Å². The fraction of sp³-hybridized carbons (Fsp3) is 0.310. The minimum absolute atomic E-state index is 0.0156. The number of benzene rings is 3. The Morgan fingerprint density at radius 2 is 1.50 bits per heavy atom. The van der Waals surface area contributed by atoms with E-state index in [0.29, 0.717) is 35.0 Å². The average molecular weight is 538 g/mol. The monoisotopic (exact) mass is 537 g/mol. The molecular weight excluding hydrogens is 502 g/mol. The second-order valence-electron chi connectivity index (χ2n) is 10.0. The molecule has 0 heterocycles. The van der Waals surface area contributed by atoms with Crippen LogP contribution in [0.15, 0.2) is 72.8 Å². The lowest BCUT2D eigenvalue weighted by molar-refractivity contribution is -0.116. The van der Waals surface area contributed by atoms with E-state index < -0.39 is 22.0 Å². The minimum Gasteiger partial charge on any atom is -0.494 e. The van der Waals surface area contributed by atoms with Crippen molar-refractivity contribution in [3.8, 4) is 5.75 Å². The lowest BCUT2D eigenvalue weighted by Gasteiger charge is -2.28. The zero-order valence-corrected chi connectivity index (χ0v) is 23.4. The van der Waals surface area contributed by atoms with Gasteiger partial charge in [0.25, 0.3) is 5.91 Å². The summed E-state index contributed by atoms with van der Waals surface area (Å²) in [4.78, 5) is 25.8. The van der Waals surface area contributed by atoms with Gasteiger partial charge in [0.05, 0.1) is 18.6 Å². The molecule has 3 rings (SSSR count). The third-order valence-electron chi connectivity index (χ3n) is 5.89. The topological polar surface area (TPSA) is 105 Å². The molecule has 1 atom stereocenters. The molecule has 0 aliphatic carbocycles. The summed E-state index contributed by atoms with van der Waals surface area (Å²) in [6.45, 7) is 10.2. The molecule has 3 aromatic carbocycles. The van der Waals surface area contributed by atoms with Crippen molar-refractivity contribution >= 4 is 38.9 Å². The molecule has 38 heavy (non-hydrogen) atoms. The molecule has 0 aliphatic heterocycles. The van der Waals surface area contributed by atoms with Gasteiger partial charge in [-0.15, -0.1) is 0 Å². The van der Waals surface area contributed by atoms with E-state index in [2.05, 4.69) is 31.4 Å². The van der Waals surface area contributed by atoms with Crippen LogP contribution in [0.2, 0.25) is 0 Å². The number of carbonyl (C=O) groups excluding carboxylic acids is 2. The van der Waals surface area contributed by atoms with E-state index in [0.717, 1.165) is 16.1 Å². The van der Waals surface area contributed by atoms with Crippen LogP contribution < -0.4 is 19.7 Å². The Morgan fingerprint density at radius 1 is 0.921 bits per heavy atom. The van der Waals surface area contributed by atoms with Crippen molar-refractivity contribution in [2.24, 2.45) is 0 Å². The first-order valence-electron chi connectivity index (χ1n) is 12.3. The lowest BCUT2D eigenvalue weighted by Crippen LogP contribution is -2.45. The number of nitrogens with one attached hydrogen (secondary N) is 2. The van der Waals surface area contributed by atoms with E-state index in [1.807, 2.05) is 19.1 Å². The molecule has 0 aliphatic rings. The number of ether oxygens (including phenoxy) is 1. The Kier molecular flexibility index (Phi) is 8.83. The molecule has 0 unspecified atom stereocenters. The van der Waals surface area contributed by atoms with Gasteiger partial charge in [-0.2, -0.15) is 0 Å². The highest BCUT2D eigenvalue weighted by Gasteiger charge is 2.29. The van der Waals surface area contributed by atoms with Gasteiger partial charge in [-0.1, -0.05) is 39.0 Å². The van der Waals surface area contributed by atoms with E-state index >= 15 is 0 Å². The van der Waals surface area contributed by atoms with Gasteiger partial charge in [0, 0.05) is 16.9 Å². The molecule has 3 aromatic rings. The Bertz CT molecular complexity index is 1380. The molecule has 9 heteroatoms. The van der Waals surface area contributed by atoms with Gasteiger partial charge in [0.2, 0.25) is 15.9 Å². The van der Waals surface area contributed by atoms with Crippen molar-refractivity contribution < 1.29 is 22.7 Å². The molecule has 0 bridgehead atoms. The molecular formula is C29H35N3O5S. The molecule has 0 spiro atoms. The summed E-state index contributed by atoms with van der Waals surface area (Å²) in [5, 5.41) is 5.59. The second kappa shape index (κ2) is 11.7. The second-order valence-corrected chi connectivity index (χ2v) is 11.9. The smallest absolute Gasteiger partial charge is 0.255 e. The summed E-state index contributed by atoms with van der Waals surface area (Å²) >= 11 is 0. The van der Waals surface area contributed by atoms with E-state index in [-0.39, 0.29) is 11.3 Å². The molecule has 0 radical (unpaired) electrons. The highest BCUT2D eigenvalue weighted by Crippen LogP contribution is 2.26. The third-order valence-corrected chi connectivity index (χ3v) is 7.13. The van der Waals surface area contributed by atoms with E-state index in [1.165, 1.54) is 6.92 Å². The zero-order valence-electron chi connectivity index (χ0n) is 22.6. The number of hydrogen-bond acceptors (Lipinski definition) is 5. The summed E-state index contributed by atoms with van der Waals surface area (Å²) in [6.07, 6.45) is 1.05. The fourth-order valence-electron chi connectivity index (χ4n) is 3.91. The Hall–Kier alpha value is -3.85. The maximum Gasteiger partial charge on any atom is 0.255 e. The number of nitrogens with zero attached hydrogens (tertiary/aromatic N) is 1. The summed E-state index contributed by atoms with van der Waals surface area (Å²) < 4.78 is 31.7. The van der Waals surface area contributed by atoms with Gasteiger partial charge < -0.3 is 15.4 Å². The fourth-order valence-corrected chi connectivity index (χ4v) is 5.09. The Morgan fingerprint density at radius 3 is 2.03 bits per heavy atom. The van der Waals surface area contributed by atoms with Crippen LogP contribution in [0, 0.1) is 0 Å². The van der Waals surface area contributed by atoms with Gasteiger partial charge in [-0.25, -0.2) is 8.42 Å². The van der Waals surface area contributed by atoms with Crippen molar-refractivity contribution in [2.75, 3.05) is 27.8 Å². The van der Waals surface area contributed by atoms with Crippen molar-refractivity contribution in [3.63, 3.8) is 0 Å². The summed E-state index contributed by atoms with van der Waals surface area (Å²) in [5.41, 5.74) is 2.88. The Balaban J connectivity index is 1.73. The number of rotatable bonds is 9. The molecule has 0 saturated heterocycles. The first kappa shape index (κ1) is 28.7. The normalized spacial score (nSPS) is 12.4. The summed E-state index contributed by atoms with van der Waals surface area (Å²) in [6, 6.07) is 19.6. The number of sulfonamides is 1. The standard InChI is InChI=1S/C29H35N3O5S/c1-7-37-26-17-15-25(16-18-26)32(38(6,35)36)20(2)27(33)30-23-9-8-10-24(19-23)31-28(34)21-11-13-22(14-12-21)29(3,4)5/h8-20H,7H2,1-6H3,(H,30,33)(H,31,34)/t20-/m1/s1. The quantitative estimate of drug-likeness (QED) is 0.379. The van der Waals surface area contributed by atoms with Gasteiger partial charge in [0.15, 0.2) is 0 Å². The van der Waals surface area contributed by atoms with E-state index in [1.54, 1.807) is 60.7 Å². The average Bonchev–Trinajstić information content (AvgIpc) is 2.84. The third kappa shape index (κ3) is 7.35. The largest absolute Gasteiger partial charge is 0.494 e. The molecule has 0 aromatic heterocycles. The van der Waals surface area contributed by atoms with Crippen LogP contribution >= 0.6 is 0 Å². The van der Waals surface area contributed by atoms with Gasteiger partial charge in [0.1, 0.15) is 11.8 Å². The summed E-state index contributed by atoms with van der Waals surface area (Å²) in [5.74, 6) is -0.197. The molecule has 2 N–H and O–H groups in total. The predicted octanol–water partition coefficient (Wildman–Crippen LogP) is 5.43. The predicted molar refractivity (Wildman–Crippen MR) is 153 cm³/mol. The molecule has 0 saturated carbocycles. The first-order valence-corrected chi connectivity index (χ1v) is 14.2. The van der Waals surface area contributed by atoms with Gasteiger partial charge in [-0.05, 0) is 79.4 Å². The number of amides is 2. The minimum atomic E-state index is -3.77. The van der Waals surface area contributed by atoms with Gasteiger partial charge >= 0.3 is 0 Å². The molecule has 8 nitrogen and oxygen atoms in total. The van der Waals surface area contributed by atoms with Crippen LogP contribution in [0.25, 0.3) is 0 Å². The summed E-state index contributed by atoms with van der Waals surface area (Å²) in [7, 11) is -3.77. The van der Waals surface area contributed by atoms with Crippen LogP contribution in [0.5, 0.6) is 5.75 Å². The highest BCUT2D eigenvalue weighted by atomic mass is 32.2. The van der Waals surface area contributed by atoms with E-state index in [9.17, 15) is 18.0 Å². The van der Waals surface area contributed by atoms with Crippen LogP contribution in [-0.2, 0) is 20.2 Å². The number of carbonyl (C=O) groups is 2. The van der Waals surface area contributed by atoms with Crippen molar-refractivity contribution in [1.29, 1.82) is 0 Å². The van der Waals surface area contributed by atoms with Crippen molar-refractivity contribution in [1.82, 2.24) is 0 Å². The lowest BCUT2D eigenvalue weighted by atomic mass is 9.87. The zero-order chi connectivity index (χ0) is 28.1. The van der Waals surface area contributed by atoms with Crippen LogP contribution in [0.3, 0.4) is 0 Å². The van der Waals surface area contributed by atoms with Crippen LogP contribution in [0.1, 0.15) is 50.5 Å².